The monoisotopic (exact) mass is 284 g/mol. The Balaban J connectivity index is 2.25. The molecule has 1 N–H and O–H groups in total. The second kappa shape index (κ2) is 5.30. The maximum atomic E-state index is 13.1. The first kappa shape index (κ1) is 13.8. The highest BCUT2D eigenvalue weighted by Gasteiger charge is 2.13. The summed E-state index contributed by atoms with van der Waals surface area (Å²) in [5, 5.41) is 9.33. The van der Waals surface area contributed by atoms with Crippen molar-refractivity contribution < 1.29 is 9.50 Å². The minimum Gasteiger partial charge on any atom is -0.395 e. The molecule has 3 rings (SSSR count). The highest BCUT2D eigenvalue weighted by atomic mass is 19.1. The molecular weight excluding hydrogens is 267 g/mol. The molecule has 0 aliphatic heterocycles. The number of aromatic nitrogens is 2. The third-order valence-electron chi connectivity index (χ3n) is 3.79. The van der Waals surface area contributed by atoms with Gasteiger partial charge in [0.05, 0.1) is 17.6 Å². The van der Waals surface area contributed by atoms with Gasteiger partial charge < -0.3 is 9.67 Å². The zero-order valence-corrected chi connectivity index (χ0v) is 12.1. The topological polar surface area (TPSA) is 38.0 Å². The molecule has 4 heteroatoms. The van der Waals surface area contributed by atoms with Gasteiger partial charge in [0.25, 0.3) is 0 Å². The lowest BCUT2D eigenvalue weighted by Crippen LogP contribution is -2.04. The molecule has 2 aromatic carbocycles. The van der Waals surface area contributed by atoms with Crippen LogP contribution in [-0.2, 0) is 6.54 Å². The molecule has 108 valence electrons. The summed E-state index contributed by atoms with van der Waals surface area (Å²) in [5.41, 5.74) is 5.10. The molecule has 0 amide bonds. The summed E-state index contributed by atoms with van der Waals surface area (Å²) >= 11 is 0. The van der Waals surface area contributed by atoms with E-state index in [1.807, 2.05) is 10.6 Å². The van der Waals surface area contributed by atoms with E-state index in [4.69, 9.17) is 0 Å². The summed E-state index contributed by atoms with van der Waals surface area (Å²) in [4.78, 5) is 4.66. The molecule has 21 heavy (non-hydrogen) atoms. The van der Waals surface area contributed by atoms with Crippen molar-refractivity contribution in [3.05, 3.63) is 53.3 Å². The van der Waals surface area contributed by atoms with Crippen molar-refractivity contribution in [1.29, 1.82) is 0 Å². The summed E-state index contributed by atoms with van der Waals surface area (Å²) in [6.07, 6.45) is 0. The largest absolute Gasteiger partial charge is 0.395 e. The zero-order chi connectivity index (χ0) is 15.0. The lowest BCUT2D eigenvalue weighted by atomic mass is 10.1. The molecule has 0 unspecified atom stereocenters. The van der Waals surface area contributed by atoms with E-state index < -0.39 is 0 Å². The van der Waals surface area contributed by atoms with Gasteiger partial charge in [-0.3, -0.25) is 0 Å². The predicted octanol–water partition coefficient (Wildman–Crippen LogP) is 3.45. The van der Waals surface area contributed by atoms with Crippen LogP contribution in [0.4, 0.5) is 4.39 Å². The molecule has 1 aromatic heterocycles. The first-order valence-corrected chi connectivity index (χ1v) is 6.94. The van der Waals surface area contributed by atoms with Gasteiger partial charge in [-0.2, -0.15) is 0 Å². The van der Waals surface area contributed by atoms with E-state index >= 15 is 0 Å². The molecule has 0 bridgehead atoms. The Morgan fingerprint density at radius 3 is 2.43 bits per heavy atom. The van der Waals surface area contributed by atoms with Gasteiger partial charge in [0.1, 0.15) is 11.6 Å². The predicted molar refractivity (Wildman–Crippen MR) is 81.7 cm³/mol. The second-order valence-electron chi connectivity index (χ2n) is 5.24. The van der Waals surface area contributed by atoms with Gasteiger partial charge in [-0.1, -0.05) is 0 Å². The Labute approximate surface area is 122 Å². The lowest BCUT2D eigenvalue weighted by Gasteiger charge is -2.08. The Morgan fingerprint density at radius 1 is 1.10 bits per heavy atom. The molecule has 0 saturated carbocycles. The number of nitrogens with zero attached hydrogens (tertiary/aromatic N) is 2. The van der Waals surface area contributed by atoms with Crippen LogP contribution in [0.5, 0.6) is 0 Å². The fourth-order valence-electron chi connectivity index (χ4n) is 2.53. The van der Waals surface area contributed by atoms with Crippen LogP contribution >= 0.6 is 0 Å². The molecule has 0 radical (unpaired) electrons. The van der Waals surface area contributed by atoms with E-state index in [2.05, 4.69) is 24.9 Å². The van der Waals surface area contributed by atoms with Crippen molar-refractivity contribution in [3.63, 3.8) is 0 Å². The van der Waals surface area contributed by atoms with E-state index in [1.54, 1.807) is 12.1 Å². The van der Waals surface area contributed by atoms with E-state index in [9.17, 15) is 9.50 Å². The molecule has 0 aliphatic rings. The third-order valence-corrected chi connectivity index (χ3v) is 3.79. The summed E-state index contributed by atoms with van der Waals surface area (Å²) < 4.78 is 15.1. The molecule has 0 fully saturated rings. The molecule has 3 nitrogen and oxygen atoms in total. The van der Waals surface area contributed by atoms with Crippen LogP contribution in [0.1, 0.15) is 11.1 Å². The van der Waals surface area contributed by atoms with Gasteiger partial charge in [0.15, 0.2) is 0 Å². The number of fused-ring (bicyclic) bond motifs is 1. The van der Waals surface area contributed by atoms with Crippen LogP contribution in [0.3, 0.4) is 0 Å². The number of aryl methyl sites for hydroxylation is 2. The Morgan fingerprint density at radius 2 is 1.76 bits per heavy atom. The van der Waals surface area contributed by atoms with Gasteiger partial charge in [0, 0.05) is 12.1 Å². The number of aliphatic hydroxyl groups excluding tert-OH is 1. The van der Waals surface area contributed by atoms with E-state index in [0.29, 0.717) is 6.54 Å². The van der Waals surface area contributed by atoms with Crippen molar-refractivity contribution in [2.45, 2.75) is 20.4 Å². The van der Waals surface area contributed by atoms with Crippen molar-refractivity contribution in [1.82, 2.24) is 9.55 Å². The SMILES string of the molecule is Cc1cc2nc(-c3ccc(F)cc3)n(CCO)c2cc1C. The minimum absolute atomic E-state index is 0.0343. The highest BCUT2D eigenvalue weighted by Crippen LogP contribution is 2.27. The number of hydrogen-bond acceptors (Lipinski definition) is 2. The molecule has 0 atom stereocenters. The first-order valence-electron chi connectivity index (χ1n) is 6.94. The molecule has 0 aliphatic carbocycles. The molecular formula is C17H17FN2O. The van der Waals surface area contributed by atoms with Crippen molar-refractivity contribution in [3.8, 4) is 11.4 Å². The van der Waals surface area contributed by atoms with Crippen LogP contribution in [0.25, 0.3) is 22.4 Å². The number of hydrogen-bond donors (Lipinski definition) is 1. The number of halogens is 1. The smallest absolute Gasteiger partial charge is 0.141 e. The van der Waals surface area contributed by atoms with Crippen LogP contribution < -0.4 is 0 Å². The average molecular weight is 284 g/mol. The van der Waals surface area contributed by atoms with Crippen LogP contribution in [0.15, 0.2) is 36.4 Å². The fraction of sp³-hybridized carbons (Fsp3) is 0.235. The van der Waals surface area contributed by atoms with Gasteiger partial charge >= 0.3 is 0 Å². The number of rotatable bonds is 3. The fourth-order valence-corrected chi connectivity index (χ4v) is 2.53. The summed E-state index contributed by atoms with van der Waals surface area (Å²) in [7, 11) is 0. The standard InChI is InChI=1S/C17H17FN2O/c1-11-9-15-16(10-12(11)2)20(7-8-21)17(19-15)13-3-5-14(18)6-4-13/h3-6,9-10,21H,7-8H2,1-2H3. The van der Waals surface area contributed by atoms with E-state index in [0.717, 1.165) is 22.4 Å². The van der Waals surface area contributed by atoms with Crippen molar-refractivity contribution in [2.24, 2.45) is 0 Å². The highest BCUT2D eigenvalue weighted by molar-refractivity contribution is 5.82. The Hall–Kier alpha value is -2.20. The van der Waals surface area contributed by atoms with E-state index in [1.165, 1.54) is 23.3 Å². The van der Waals surface area contributed by atoms with Crippen LogP contribution in [0.2, 0.25) is 0 Å². The molecule has 0 spiro atoms. The third kappa shape index (κ3) is 2.43. The maximum Gasteiger partial charge on any atom is 0.141 e. The van der Waals surface area contributed by atoms with Gasteiger partial charge in [0.2, 0.25) is 0 Å². The summed E-state index contributed by atoms with van der Waals surface area (Å²) in [6, 6.07) is 10.4. The van der Waals surface area contributed by atoms with Gasteiger partial charge in [-0.05, 0) is 61.4 Å². The Bertz CT molecular complexity index is 791. The van der Waals surface area contributed by atoms with Crippen LogP contribution in [0, 0.1) is 19.7 Å². The Kier molecular flexibility index (Phi) is 3.47. The number of benzene rings is 2. The molecule has 1 heterocycles. The number of aliphatic hydroxyl groups is 1. The van der Waals surface area contributed by atoms with Gasteiger partial charge in [-0.15, -0.1) is 0 Å². The van der Waals surface area contributed by atoms with Crippen molar-refractivity contribution >= 4 is 11.0 Å². The maximum absolute atomic E-state index is 13.1. The summed E-state index contributed by atoms with van der Waals surface area (Å²) in [5.74, 6) is 0.485. The van der Waals surface area contributed by atoms with Crippen molar-refractivity contribution in [2.75, 3.05) is 6.61 Å². The molecule has 3 aromatic rings. The van der Waals surface area contributed by atoms with Gasteiger partial charge in [-0.25, -0.2) is 9.37 Å². The van der Waals surface area contributed by atoms with Crippen LogP contribution in [-0.4, -0.2) is 21.3 Å². The first-order chi connectivity index (χ1) is 10.1. The zero-order valence-electron chi connectivity index (χ0n) is 12.1. The normalized spacial score (nSPS) is 11.2. The quantitative estimate of drug-likeness (QED) is 0.800. The second-order valence-corrected chi connectivity index (χ2v) is 5.24. The molecule has 0 saturated heterocycles. The minimum atomic E-state index is -0.268. The average Bonchev–Trinajstić information content (AvgIpc) is 2.79. The van der Waals surface area contributed by atoms with E-state index in [-0.39, 0.29) is 12.4 Å². The lowest BCUT2D eigenvalue weighted by molar-refractivity contribution is 0.278. The number of imidazole rings is 1. The summed E-state index contributed by atoms with van der Waals surface area (Å²) in [6.45, 7) is 4.61.